The van der Waals surface area contributed by atoms with Crippen LogP contribution in [0.5, 0.6) is 5.75 Å². The van der Waals surface area contributed by atoms with E-state index in [0.717, 1.165) is 37.6 Å². The van der Waals surface area contributed by atoms with Crippen LogP contribution in [0.2, 0.25) is 0 Å². The lowest BCUT2D eigenvalue weighted by Gasteiger charge is -2.36. The van der Waals surface area contributed by atoms with Gasteiger partial charge in [0.15, 0.2) is 0 Å². The lowest BCUT2D eigenvalue weighted by molar-refractivity contribution is 0.0663. The molecular weight excluding hydrogens is 355 g/mol. The summed E-state index contributed by atoms with van der Waals surface area (Å²) in [6.45, 7) is 10.9. The Morgan fingerprint density at radius 1 is 0.964 bits per heavy atom. The lowest BCUT2D eigenvalue weighted by atomic mass is 9.87. The number of aliphatic hydroxyl groups excluding tert-OH is 1. The zero-order chi connectivity index (χ0) is 20.1. The number of aliphatic hydroxyl groups is 1. The fourth-order valence-electron chi connectivity index (χ4n) is 3.43. The highest BCUT2D eigenvalue weighted by Gasteiger charge is 2.20. The summed E-state index contributed by atoms with van der Waals surface area (Å²) in [7, 11) is 0. The first-order valence-corrected chi connectivity index (χ1v) is 9.95. The van der Waals surface area contributed by atoms with Crippen molar-refractivity contribution in [2.24, 2.45) is 0 Å². The van der Waals surface area contributed by atoms with Gasteiger partial charge in [-0.25, -0.2) is 4.39 Å². The van der Waals surface area contributed by atoms with E-state index >= 15 is 0 Å². The number of hydrogen-bond acceptors (Lipinski definition) is 4. The number of rotatable bonds is 6. The van der Waals surface area contributed by atoms with Crippen molar-refractivity contribution in [1.29, 1.82) is 0 Å². The third-order valence-corrected chi connectivity index (χ3v) is 5.20. The maximum atomic E-state index is 13.1. The molecule has 0 spiro atoms. The van der Waals surface area contributed by atoms with Crippen LogP contribution in [0.15, 0.2) is 48.5 Å². The van der Waals surface area contributed by atoms with E-state index in [0.29, 0.717) is 6.54 Å². The Morgan fingerprint density at radius 3 is 2.14 bits per heavy atom. The van der Waals surface area contributed by atoms with Gasteiger partial charge in [-0.2, -0.15) is 0 Å². The van der Waals surface area contributed by atoms with Gasteiger partial charge in [0.05, 0.1) is 0 Å². The van der Waals surface area contributed by atoms with Crippen LogP contribution in [0.4, 0.5) is 10.1 Å². The number of benzene rings is 2. The van der Waals surface area contributed by atoms with Crippen LogP contribution in [-0.2, 0) is 5.41 Å². The molecule has 1 heterocycles. The minimum atomic E-state index is -0.528. The molecule has 0 aliphatic carbocycles. The van der Waals surface area contributed by atoms with Gasteiger partial charge in [-0.1, -0.05) is 32.9 Å². The molecule has 28 heavy (non-hydrogen) atoms. The Morgan fingerprint density at radius 2 is 1.57 bits per heavy atom. The van der Waals surface area contributed by atoms with Gasteiger partial charge in [-0.05, 0) is 47.4 Å². The second-order valence-corrected chi connectivity index (χ2v) is 8.50. The molecule has 0 aromatic heterocycles. The second-order valence-electron chi connectivity index (χ2n) is 8.50. The van der Waals surface area contributed by atoms with Crippen LogP contribution in [0.3, 0.4) is 0 Å². The van der Waals surface area contributed by atoms with Crippen LogP contribution in [0.25, 0.3) is 0 Å². The summed E-state index contributed by atoms with van der Waals surface area (Å²) in [6.07, 6.45) is -0.528. The highest BCUT2D eigenvalue weighted by atomic mass is 19.1. The van der Waals surface area contributed by atoms with E-state index in [-0.39, 0.29) is 17.8 Å². The number of piperazine rings is 1. The van der Waals surface area contributed by atoms with Crippen molar-refractivity contribution < 1.29 is 14.2 Å². The molecule has 0 amide bonds. The quantitative estimate of drug-likeness (QED) is 0.822. The molecule has 1 aliphatic heterocycles. The van der Waals surface area contributed by atoms with E-state index in [2.05, 4.69) is 42.7 Å². The van der Waals surface area contributed by atoms with Gasteiger partial charge in [-0.15, -0.1) is 0 Å². The van der Waals surface area contributed by atoms with Gasteiger partial charge < -0.3 is 14.7 Å². The van der Waals surface area contributed by atoms with E-state index in [1.165, 1.54) is 17.7 Å². The third-order valence-electron chi connectivity index (χ3n) is 5.20. The second kappa shape index (κ2) is 8.93. The van der Waals surface area contributed by atoms with Crippen LogP contribution >= 0.6 is 0 Å². The molecule has 1 N–H and O–H groups in total. The van der Waals surface area contributed by atoms with Crippen LogP contribution in [0.1, 0.15) is 26.3 Å². The maximum Gasteiger partial charge on any atom is 0.123 e. The van der Waals surface area contributed by atoms with Crippen LogP contribution < -0.4 is 9.64 Å². The average molecular weight is 387 g/mol. The topological polar surface area (TPSA) is 35.9 Å². The minimum absolute atomic E-state index is 0.119. The Kier molecular flexibility index (Phi) is 6.57. The Labute approximate surface area is 167 Å². The predicted octanol–water partition coefficient (Wildman–Crippen LogP) is 3.69. The van der Waals surface area contributed by atoms with Gasteiger partial charge in [0.1, 0.15) is 24.3 Å². The molecular formula is C23H31FN2O2. The SMILES string of the molecule is CC(C)(C)c1ccc(OCC(O)CN2CCN(c3ccc(F)cc3)CC2)cc1. The Bertz CT molecular complexity index is 733. The third kappa shape index (κ3) is 5.69. The zero-order valence-corrected chi connectivity index (χ0v) is 17.1. The molecule has 1 saturated heterocycles. The fourth-order valence-corrected chi connectivity index (χ4v) is 3.43. The van der Waals surface area contributed by atoms with Crippen molar-refractivity contribution in [3.8, 4) is 5.75 Å². The minimum Gasteiger partial charge on any atom is -0.491 e. The van der Waals surface area contributed by atoms with Crippen molar-refractivity contribution in [3.05, 3.63) is 59.9 Å². The standard InChI is InChI=1S/C23H31FN2O2/c1-23(2,3)18-4-10-22(11-5-18)28-17-21(27)16-25-12-14-26(15-13-25)20-8-6-19(24)7-9-20/h4-11,21,27H,12-17H2,1-3H3. The largest absolute Gasteiger partial charge is 0.491 e. The number of nitrogens with zero attached hydrogens (tertiary/aromatic N) is 2. The van der Waals surface area contributed by atoms with E-state index in [1.54, 1.807) is 0 Å². The van der Waals surface area contributed by atoms with Crippen LogP contribution in [-0.4, -0.2) is 55.4 Å². The molecule has 2 aromatic carbocycles. The first-order chi connectivity index (χ1) is 13.3. The zero-order valence-electron chi connectivity index (χ0n) is 17.1. The predicted molar refractivity (Wildman–Crippen MR) is 112 cm³/mol. The summed E-state index contributed by atoms with van der Waals surface area (Å²) >= 11 is 0. The number of halogens is 1. The monoisotopic (exact) mass is 386 g/mol. The van der Waals surface area contributed by atoms with Gasteiger partial charge in [0, 0.05) is 38.4 Å². The summed E-state index contributed by atoms with van der Waals surface area (Å²) in [5.74, 6) is 0.576. The molecule has 0 bridgehead atoms. The summed E-state index contributed by atoms with van der Waals surface area (Å²) in [4.78, 5) is 4.49. The van der Waals surface area contributed by atoms with E-state index in [1.807, 2.05) is 24.3 Å². The first-order valence-electron chi connectivity index (χ1n) is 9.95. The molecule has 152 valence electrons. The number of anilines is 1. The molecule has 2 aromatic rings. The van der Waals surface area contributed by atoms with Gasteiger partial charge in [0.2, 0.25) is 0 Å². The van der Waals surface area contributed by atoms with E-state index in [4.69, 9.17) is 4.74 Å². The molecule has 1 atom stereocenters. The first kappa shape index (κ1) is 20.6. The Hall–Kier alpha value is -2.11. The summed E-state index contributed by atoms with van der Waals surface area (Å²) in [6, 6.07) is 14.7. The van der Waals surface area contributed by atoms with E-state index < -0.39 is 6.10 Å². The van der Waals surface area contributed by atoms with Crippen molar-refractivity contribution >= 4 is 5.69 Å². The maximum absolute atomic E-state index is 13.1. The fraction of sp³-hybridized carbons (Fsp3) is 0.478. The lowest BCUT2D eigenvalue weighted by Crippen LogP contribution is -2.49. The Balaban J connectivity index is 1.41. The van der Waals surface area contributed by atoms with Crippen molar-refractivity contribution in [3.63, 3.8) is 0 Å². The summed E-state index contributed by atoms with van der Waals surface area (Å²) in [5, 5.41) is 10.3. The smallest absolute Gasteiger partial charge is 0.123 e. The summed E-state index contributed by atoms with van der Waals surface area (Å²) < 4.78 is 18.8. The van der Waals surface area contributed by atoms with Crippen molar-refractivity contribution in [2.45, 2.75) is 32.3 Å². The van der Waals surface area contributed by atoms with Gasteiger partial charge in [-0.3, -0.25) is 4.90 Å². The number of β-amino-alcohol motifs (C(OH)–C–C–N with tert-alkyl or cyclic N) is 1. The molecule has 0 radical (unpaired) electrons. The van der Waals surface area contributed by atoms with Gasteiger partial charge >= 0.3 is 0 Å². The molecule has 5 heteroatoms. The summed E-state index contributed by atoms with van der Waals surface area (Å²) in [5.41, 5.74) is 2.43. The highest BCUT2D eigenvalue weighted by Crippen LogP contribution is 2.24. The molecule has 0 saturated carbocycles. The normalized spacial score (nSPS) is 16.8. The van der Waals surface area contributed by atoms with Crippen LogP contribution in [0, 0.1) is 5.82 Å². The van der Waals surface area contributed by atoms with E-state index in [9.17, 15) is 9.50 Å². The van der Waals surface area contributed by atoms with Crippen molar-refractivity contribution in [2.75, 3.05) is 44.2 Å². The number of ether oxygens (including phenoxy) is 1. The molecule has 3 rings (SSSR count). The van der Waals surface area contributed by atoms with Crippen molar-refractivity contribution in [1.82, 2.24) is 4.90 Å². The molecule has 1 aliphatic rings. The number of hydrogen-bond donors (Lipinski definition) is 1. The molecule has 1 unspecified atom stereocenters. The highest BCUT2D eigenvalue weighted by molar-refractivity contribution is 5.46. The molecule has 1 fully saturated rings. The van der Waals surface area contributed by atoms with Gasteiger partial charge in [0.25, 0.3) is 0 Å². The molecule has 4 nitrogen and oxygen atoms in total. The average Bonchev–Trinajstić information content (AvgIpc) is 2.67.